The first-order valence-corrected chi connectivity index (χ1v) is 6.86. The lowest BCUT2D eigenvalue weighted by molar-refractivity contribution is 0.638. The largest absolute Gasteiger partial charge is 0.246 e. The minimum absolute atomic E-state index is 0.383. The Kier molecular flexibility index (Phi) is 3.25. The third-order valence-corrected chi connectivity index (χ3v) is 3.80. The molecule has 2 heterocycles. The minimum atomic E-state index is 0.383. The van der Waals surface area contributed by atoms with E-state index in [4.69, 9.17) is 28.5 Å². The predicted molar refractivity (Wildman–Crippen MR) is 80.0 cm³/mol. The van der Waals surface area contributed by atoms with Gasteiger partial charge in [0.05, 0.1) is 40.7 Å². The van der Waals surface area contributed by atoms with Crippen LogP contribution < -0.4 is 0 Å². The molecule has 3 aromatic rings. The van der Waals surface area contributed by atoms with Crippen LogP contribution in [0.1, 0.15) is 12.1 Å². The Balaban J connectivity index is 2.36. The number of aromatic nitrogens is 3. The van der Waals surface area contributed by atoms with Crippen LogP contribution in [0.15, 0.2) is 18.2 Å². The monoisotopic (exact) mass is 304 g/mol. The van der Waals surface area contributed by atoms with Crippen molar-refractivity contribution in [3.05, 3.63) is 33.9 Å². The molecule has 6 heteroatoms. The molecular weight excluding hydrogens is 295 g/mol. The molecule has 0 radical (unpaired) electrons. The highest BCUT2D eigenvalue weighted by molar-refractivity contribution is 6.41. The van der Waals surface area contributed by atoms with Gasteiger partial charge in [-0.1, -0.05) is 23.2 Å². The molecular formula is C14H10Cl2N4. The van der Waals surface area contributed by atoms with Crippen LogP contribution in [-0.2, 0) is 6.54 Å². The van der Waals surface area contributed by atoms with E-state index < -0.39 is 0 Å². The van der Waals surface area contributed by atoms with Crippen LogP contribution in [0.3, 0.4) is 0 Å². The third kappa shape index (κ3) is 2.00. The molecule has 0 saturated carbocycles. The second-order valence-electron chi connectivity index (χ2n) is 4.50. The molecule has 0 spiro atoms. The third-order valence-electron chi connectivity index (χ3n) is 3.18. The molecule has 20 heavy (non-hydrogen) atoms. The summed E-state index contributed by atoms with van der Waals surface area (Å²) in [6.07, 6.45) is 0.383. The summed E-state index contributed by atoms with van der Waals surface area (Å²) in [6.45, 7) is 2.39. The molecule has 0 fully saturated rings. The maximum atomic E-state index is 8.71. The standard InChI is InChI=1S/C14H10Cl2N4/c1-8-12-13(16)10-7-9(15)3-4-11(10)18-14(12)20(19-8)6-2-5-17/h3-4,7H,2,6H2,1H3. The highest BCUT2D eigenvalue weighted by Crippen LogP contribution is 2.33. The second kappa shape index (κ2) is 4.93. The van der Waals surface area contributed by atoms with Crippen molar-refractivity contribution < 1.29 is 0 Å². The van der Waals surface area contributed by atoms with Crippen LogP contribution in [0.5, 0.6) is 0 Å². The highest BCUT2D eigenvalue weighted by Gasteiger charge is 2.15. The first-order chi connectivity index (χ1) is 9.61. The number of hydrogen-bond acceptors (Lipinski definition) is 3. The molecule has 0 N–H and O–H groups in total. The second-order valence-corrected chi connectivity index (χ2v) is 5.32. The summed E-state index contributed by atoms with van der Waals surface area (Å²) in [5.41, 5.74) is 2.28. The van der Waals surface area contributed by atoms with Gasteiger partial charge in [0.25, 0.3) is 0 Å². The van der Waals surface area contributed by atoms with Gasteiger partial charge in [0.2, 0.25) is 0 Å². The molecule has 0 unspecified atom stereocenters. The quantitative estimate of drug-likeness (QED) is 0.716. The summed E-state index contributed by atoms with van der Waals surface area (Å²) < 4.78 is 1.73. The Morgan fingerprint density at radius 1 is 1.35 bits per heavy atom. The first-order valence-electron chi connectivity index (χ1n) is 6.10. The van der Waals surface area contributed by atoms with Gasteiger partial charge in [0.15, 0.2) is 5.65 Å². The van der Waals surface area contributed by atoms with Crippen molar-refractivity contribution in [1.82, 2.24) is 14.8 Å². The van der Waals surface area contributed by atoms with E-state index in [0.717, 1.165) is 22.0 Å². The van der Waals surface area contributed by atoms with Gasteiger partial charge in [-0.05, 0) is 25.1 Å². The number of nitrogens with zero attached hydrogens (tertiary/aromatic N) is 4. The Morgan fingerprint density at radius 3 is 2.90 bits per heavy atom. The van der Waals surface area contributed by atoms with E-state index in [-0.39, 0.29) is 0 Å². The van der Waals surface area contributed by atoms with Gasteiger partial charge < -0.3 is 0 Å². The fourth-order valence-corrected chi connectivity index (χ4v) is 2.83. The van der Waals surface area contributed by atoms with Gasteiger partial charge in [-0.15, -0.1) is 0 Å². The highest BCUT2D eigenvalue weighted by atomic mass is 35.5. The maximum absolute atomic E-state index is 8.71. The van der Waals surface area contributed by atoms with E-state index in [9.17, 15) is 0 Å². The summed E-state index contributed by atoms with van der Waals surface area (Å²) >= 11 is 12.5. The van der Waals surface area contributed by atoms with E-state index in [2.05, 4.69) is 16.2 Å². The van der Waals surface area contributed by atoms with Gasteiger partial charge in [-0.3, -0.25) is 0 Å². The van der Waals surface area contributed by atoms with Crippen molar-refractivity contribution in [3.63, 3.8) is 0 Å². The number of fused-ring (bicyclic) bond motifs is 2. The smallest absolute Gasteiger partial charge is 0.160 e. The summed E-state index contributed by atoms with van der Waals surface area (Å²) in [5, 5.41) is 16.0. The number of rotatable bonds is 2. The predicted octanol–water partition coefficient (Wildman–Crippen LogP) is 4.11. The van der Waals surface area contributed by atoms with E-state index >= 15 is 0 Å². The van der Waals surface area contributed by atoms with Gasteiger partial charge in [0, 0.05) is 10.4 Å². The van der Waals surface area contributed by atoms with Crippen LogP contribution in [0, 0.1) is 18.3 Å². The van der Waals surface area contributed by atoms with Crippen LogP contribution in [0.2, 0.25) is 10.0 Å². The molecule has 1 aromatic carbocycles. The number of aryl methyl sites for hydroxylation is 2. The summed E-state index contributed by atoms with van der Waals surface area (Å²) in [7, 11) is 0. The molecule has 0 aliphatic heterocycles. The molecule has 3 rings (SSSR count). The average Bonchev–Trinajstić information content (AvgIpc) is 2.74. The van der Waals surface area contributed by atoms with Gasteiger partial charge in [0.1, 0.15) is 0 Å². The van der Waals surface area contributed by atoms with Gasteiger partial charge >= 0.3 is 0 Å². The Morgan fingerprint density at radius 2 is 2.15 bits per heavy atom. The molecule has 0 aliphatic rings. The van der Waals surface area contributed by atoms with E-state index in [1.54, 1.807) is 16.8 Å². The normalized spacial score (nSPS) is 11.1. The summed E-state index contributed by atoms with van der Waals surface area (Å²) in [4.78, 5) is 4.60. The fourth-order valence-electron chi connectivity index (χ4n) is 2.28. The lowest BCUT2D eigenvalue weighted by Gasteiger charge is -2.04. The van der Waals surface area contributed by atoms with Crippen molar-refractivity contribution in [2.24, 2.45) is 0 Å². The van der Waals surface area contributed by atoms with E-state index in [1.807, 2.05) is 13.0 Å². The number of hydrogen-bond donors (Lipinski definition) is 0. The topological polar surface area (TPSA) is 54.5 Å². The molecule has 0 aliphatic carbocycles. The van der Waals surface area contributed by atoms with Crippen LogP contribution in [0.4, 0.5) is 0 Å². The van der Waals surface area contributed by atoms with Crippen molar-refractivity contribution in [2.45, 2.75) is 19.9 Å². The molecule has 2 aromatic heterocycles. The van der Waals surface area contributed by atoms with Crippen LogP contribution in [0.25, 0.3) is 21.9 Å². The van der Waals surface area contributed by atoms with Gasteiger partial charge in [-0.25, -0.2) is 9.67 Å². The number of nitriles is 1. The lowest BCUT2D eigenvalue weighted by atomic mass is 10.1. The summed E-state index contributed by atoms with van der Waals surface area (Å²) in [5.74, 6) is 0. The maximum Gasteiger partial charge on any atom is 0.160 e. The molecule has 100 valence electrons. The zero-order valence-electron chi connectivity index (χ0n) is 10.7. The number of pyridine rings is 1. The zero-order valence-corrected chi connectivity index (χ0v) is 12.2. The first kappa shape index (κ1) is 13.2. The van der Waals surface area contributed by atoms with Crippen molar-refractivity contribution in [2.75, 3.05) is 0 Å². The van der Waals surface area contributed by atoms with E-state index in [0.29, 0.717) is 28.7 Å². The molecule has 0 saturated heterocycles. The van der Waals surface area contributed by atoms with Crippen molar-refractivity contribution in [3.8, 4) is 6.07 Å². The van der Waals surface area contributed by atoms with E-state index in [1.165, 1.54) is 0 Å². The molecule has 0 atom stereocenters. The van der Waals surface area contributed by atoms with Crippen molar-refractivity contribution >= 4 is 45.1 Å². The molecule has 0 bridgehead atoms. The average molecular weight is 305 g/mol. The summed E-state index contributed by atoms with van der Waals surface area (Å²) in [6, 6.07) is 7.53. The lowest BCUT2D eigenvalue weighted by Crippen LogP contribution is -2.00. The fraction of sp³-hybridized carbons (Fsp3) is 0.214. The van der Waals surface area contributed by atoms with Crippen molar-refractivity contribution in [1.29, 1.82) is 5.26 Å². The van der Waals surface area contributed by atoms with Crippen LogP contribution in [-0.4, -0.2) is 14.8 Å². The Bertz CT molecular complexity index is 861. The van der Waals surface area contributed by atoms with Crippen LogP contribution >= 0.6 is 23.2 Å². The SMILES string of the molecule is Cc1nn(CCC#N)c2nc3ccc(Cl)cc3c(Cl)c12. The van der Waals surface area contributed by atoms with Gasteiger partial charge in [-0.2, -0.15) is 10.4 Å². The Hall–Kier alpha value is -1.83. The number of halogens is 2. The molecule has 4 nitrogen and oxygen atoms in total. The minimum Gasteiger partial charge on any atom is -0.246 e. The Labute approximate surface area is 125 Å². The number of benzene rings is 1. The zero-order chi connectivity index (χ0) is 14.3. The molecule has 0 amide bonds.